The predicted octanol–water partition coefficient (Wildman–Crippen LogP) is 3.13. The summed E-state index contributed by atoms with van der Waals surface area (Å²) in [4.78, 5) is 4.68. The van der Waals surface area contributed by atoms with Crippen molar-refractivity contribution in [2.75, 3.05) is 0 Å². The van der Waals surface area contributed by atoms with Gasteiger partial charge < -0.3 is 5.73 Å². The van der Waals surface area contributed by atoms with Gasteiger partial charge in [0.15, 0.2) is 0 Å². The van der Waals surface area contributed by atoms with Gasteiger partial charge >= 0.3 is 0 Å². The second-order valence-electron chi connectivity index (χ2n) is 5.62. The Bertz CT molecular complexity index is 551. The minimum absolute atomic E-state index is 0.211. The zero-order chi connectivity index (χ0) is 12.6. The first-order valence-corrected chi connectivity index (χ1v) is 6.01. The molecule has 1 aromatic carbocycles. The van der Waals surface area contributed by atoms with Gasteiger partial charge in [0.2, 0.25) is 0 Å². The second kappa shape index (κ2) is 4.11. The van der Waals surface area contributed by atoms with Crippen molar-refractivity contribution in [3.8, 4) is 0 Å². The molecule has 2 N–H and O–H groups in total. The van der Waals surface area contributed by atoms with Crippen LogP contribution >= 0.6 is 0 Å². The van der Waals surface area contributed by atoms with Crippen LogP contribution in [0.5, 0.6) is 0 Å². The van der Waals surface area contributed by atoms with E-state index in [0.29, 0.717) is 0 Å². The molecule has 2 aromatic rings. The van der Waals surface area contributed by atoms with Gasteiger partial charge in [-0.1, -0.05) is 11.6 Å². The Kier molecular flexibility index (Phi) is 2.92. The molecule has 90 valence electrons. The highest BCUT2D eigenvalue weighted by Crippen LogP contribution is 2.20. The van der Waals surface area contributed by atoms with E-state index in [1.807, 2.05) is 13.8 Å². The smallest absolute Gasteiger partial charge is 0.0708 e. The van der Waals surface area contributed by atoms with Gasteiger partial charge in [-0.3, -0.25) is 4.98 Å². The number of nitrogens with zero attached hydrogens (tertiary/aromatic N) is 1. The molecule has 0 saturated carbocycles. The van der Waals surface area contributed by atoms with E-state index in [4.69, 9.17) is 5.73 Å². The van der Waals surface area contributed by atoms with E-state index in [2.05, 4.69) is 43.1 Å². The molecule has 0 atom stereocenters. The van der Waals surface area contributed by atoms with Crippen molar-refractivity contribution in [2.45, 2.75) is 39.7 Å². The van der Waals surface area contributed by atoms with E-state index in [0.717, 1.165) is 17.6 Å². The minimum Gasteiger partial charge on any atom is -0.325 e. The number of nitrogens with two attached hydrogens (primary N) is 1. The highest BCUT2D eigenvalue weighted by Gasteiger charge is 2.13. The molecule has 0 saturated heterocycles. The third kappa shape index (κ3) is 2.83. The second-order valence-corrected chi connectivity index (χ2v) is 5.62. The SMILES string of the molecule is Cc1ccc2nc(CC(C)(C)N)cc(C)c2c1. The topological polar surface area (TPSA) is 38.9 Å². The van der Waals surface area contributed by atoms with Gasteiger partial charge in [-0.25, -0.2) is 0 Å². The molecule has 1 aromatic heterocycles. The first-order valence-electron chi connectivity index (χ1n) is 6.01. The van der Waals surface area contributed by atoms with Crippen molar-refractivity contribution in [2.24, 2.45) is 5.73 Å². The van der Waals surface area contributed by atoms with E-state index in [1.54, 1.807) is 0 Å². The summed E-state index contributed by atoms with van der Waals surface area (Å²) in [5, 5.41) is 1.24. The first kappa shape index (κ1) is 12.1. The molecule has 0 bridgehead atoms. The molecular formula is C15H20N2. The molecule has 2 heteroatoms. The number of rotatable bonds is 2. The van der Waals surface area contributed by atoms with Crippen molar-refractivity contribution < 1.29 is 0 Å². The molecule has 0 fully saturated rings. The molecule has 0 spiro atoms. The van der Waals surface area contributed by atoms with E-state index >= 15 is 0 Å². The van der Waals surface area contributed by atoms with Crippen LogP contribution in [-0.4, -0.2) is 10.5 Å². The summed E-state index contributed by atoms with van der Waals surface area (Å²) in [5.41, 5.74) is 10.5. The summed E-state index contributed by atoms with van der Waals surface area (Å²) in [7, 11) is 0. The van der Waals surface area contributed by atoms with Crippen LogP contribution in [0.2, 0.25) is 0 Å². The van der Waals surface area contributed by atoms with E-state index in [9.17, 15) is 0 Å². The predicted molar refractivity (Wildman–Crippen MR) is 73.2 cm³/mol. The molecular weight excluding hydrogens is 208 g/mol. The molecule has 2 rings (SSSR count). The third-order valence-corrected chi connectivity index (χ3v) is 2.86. The Labute approximate surface area is 103 Å². The average molecular weight is 228 g/mol. The number of aromatic nitrogens is 1. The standard InChI is InChI=1S/C15H20N2/c1-10-5-6-14-13(7-10)11(2)8-12(17-14)9-15(3,4)16/h5-8H,9,16H2,1-4H3. The Hall–Kier alpha value is -1.41. The lowest BCUT2D eigenvalue weighted by atomic mass is 9.97. The number of benzene rings is 1. The fourth-order valence-corrected chi connectivity index (χ4v) is 2.14. The monoisotopic (exact) mass is 228 g/mol. The molecule has 0 unspecified atom stereocenters. The number of fused-ring (bicyclic) bond motifs is 1. The highest BCUT2D eigenvalue weighted by molar-refractivity contribution is 5.82. The third-order valence-electron chi connectivity index (χ3n) is 2.86. The van der Waals surface area contributed by atoms with Crippen LogP contribution in [0.1, 0.15) is 30.7 Å². The molecule has 0 amide bonds. The summed E-state index contributed by atoms with van der Waals surface area (Å²) in [6, 6.07) is 8.53. The van der Waals surface area contributed by atoms with Crippen LogP contribution in [-0.2, 0) is 6.42 Å². The van der Waals surface area contributed by atoms with Gasteiger partial charge in [0.25, 0.3) is 0 Å². The quantitative estimate of drug-likeness (QED) is 0.857. The summed E-state index contributed by atoms with van der Waals surface area (Å²) in [6.45, 7) is 8.30. The largest absolute Gasteiger partial charge is 0.325 e. The fourth-order valence-electron chi connectivity index (χ4n) is 2.14. The lowest BCUT2D eigenvalue weighted by Crippen LogP contribution is -2.34. The van der Waals surface area contributed by atoms with Crippen LogP contribution < -0.4 is 5.73 Å². The molecule has 2 nitrogen and oxygen atoms in total. The van der Waals surface area contributed by atoms with Crippen LogP contribution in [0.25, 0.3) is 10.9 Å². The highest BCUT2D eigenvalue weighted by atomic mass is 14.8. The van der Waals surface area contributed by atoms with Crippen LogP contribution in [0.3, 0.4) is 0 Å². The Balaban J connectivity index is 2.52. The van der Waals surface area contributed by atoms with Crippen LogP contribution in [0.15, 0.2) is 24.3 Å². The van der Waals surface area contributed by atoms with Crippen molar-refractivity contribution in [3.05, 3.63) is 41.1 Å². The summed E-state index contributed by atoms with van der Waals surface area (Å²) >= 11 is 0. The van der Waals surface area contributed by atoms with Gasteiger partial charge in [0, 0.05) is 23.0 Å². The van der Waals surface area contributed by atoms with Gasteiger partial charge in [-0.15, -0.1) is 0 Å². The van der Waals surface area contributed by atoms with Gasteiger partial charge in [-0.05, 0) is 51.5 Å². The van der Waals surface area contributed by atoms with Crippen LogP contribution in [0.4, 0.5) is 0 Å². The fraction of sp³-hybridized carbons (Fsp3) is 0.400. The molecule has 17 heavy (non-hydrogen) atoms. The van der Waals surface area contributed by atoms with Crippen molar-refractivity contribution in [3.63, 3.8) is 0 Å². The maximum absolute atomic E-state index is 6.05. The summed E-state index contributed by atoms with van der Waals surface area (Å²) in [6.07, 6.45) is 0.803. The molecule has 0 aliphatic rings. The maximum atomic E-state index is 6.05. The number of hydrogen-bond acceptors (Lipinski definition) is 2. The zero-order valence-corrected chi connectivity index (χ0v) is 11.0. The summed E-state index contributed by atoms with van der Waals surface area (Å²) < 4.78 is 0. The van der Waals surface area contributed by atoms with Gasteiger partial charge in [0.1, 0.15) is 0 Å². The average Bonchev–Trinajstić information content (AvgIpc) is 2.17. The lowest BCUT2D eigenvalue weighted by molar-refractivity contribution is 0.511. The van der Waals surface area contributed by atoms with Crippen molar-refractivity contribution in [1.82, 2.24) is 4.98 Å². The lowest BCUT2D eigenvalue weighted by Gasteiger charge is -2.18. The van der Waals surface area contributed by atoms with Crippen LogP contribution in [0, 0.1) is 13.8 Å². The molecule has 1 heterocycles. The summed E-state index contributed by atoms with van der Waals surface area (Å²) in [5.74, 6) is 0. The normalized spacial score (nSPS) is 12.1. The zero-order valence-electron chi connectivity index (χ0n) is 11.0. The molecule has 0 aliphatic heterocycles. The van der Waals surface area contributed by atoms with E-state index < -0.39 is 0 Å². The number of aryl methyl sites for hydroxylation is 2. The molecule has 0 aliphatic carbocycles. The Morgan fingerprint density at radius 2 is 1.88 bits per heavy atom. The maximum Gasteiger partial charge on any atom is 0.0708 e. The minimum atomic E-state index is -0.211. The van der Waals surface area contributed by atoms with Crippen molar-refractivity contribution in [1.29, 1.82) is 0 Å². The van der Waals surface area contributed by atoms with Gasteiger partial charge in [-0.2, -0.15) is 0 Å². The van der Waals surface area contributed by atoms with Crippen molar-refractivity contribution >= 4 is 10.9 Å². The Morgan fingerprint density at radius 3 is 2.53 bits per heavy atom. The van der Waals surface area contributed by atoms with E-state index in [1.165, 1.54) is 16.5 Å². The Morgan fingerprint density at radius 1 is 1.18 bits per heavy atom. The van der Waals surface area contributed by atoms with Gasteiger partial charge in [0.05, 0.1) is 5.52 Å². The molecule has 0 radical (unpaired) electrons. The number of pyridine rings is 1. The van der Waals surface area contributed by atoms with E-state index in [-0.39, 0.29) is 5.54 Å². The first-order chi connectivity index (χ1) is 7.85. The number of hydrogen-bond donors (Lipinski definition) is 1.